The van der Waals surface area contributed by atoms with Crippen LogP contribution in [0, 0.1) is 0 Å². The van der Waals surface area contributed by atoms with Crippen LogP contribution in [0.25, 0.3) is 0 Å². The van der Waals surface area contributed by atoms with Gasteiger partial charge in [-0.2, -0.15) is 0 Å². The van der Waals surface area contributed by atoms with Crippen molar-refractivity contribution in [1.82, 2.24) is 10.2 Å². The monoisotopic (exact) mass is 246 g/mol. The predicted molar refractivity (Wildman–Crippen MR) is 77.9 cm³/mol. The number of nitrogens with one attached hydrogen (secondary N) is 1. The van der Waals surface area contributed by atoms with Crippen LogP contribution in [0.2, 0.25) is 0 Å². The van der Waals surface area contributed by atoms with Crippen molar-refractivity contribution in [3.8, 4) is 0 Å². The fourth-order valence-corrected chi connectivity index (χ4v) is 3.51. The highest BCUT2D eigenvalue weighted by Crippen LogP contribution is 2.37. The lowest BCUT2D eigenvalue weighted by atomic mass is 9.83. The molecule has 1 aliphatic rings. The van der Waals surface area contributed by atoms with Gasteiger partial charge in [-0.25, -0.2) is 0 Å². The summed E-state index contributed by atoms with van der Waals surface area (Å²) < 4.78 is 0. The highest BCUT2D eigenvalue weighted by atomic mass is 15.2. The molecule has 0 saturated heterocycles. The van der Waals surface area contributed by atoms with Gasteiger partial charge >= 0.3 is 0 Å². The van der Waals surface area contributed by atoms with Crippen LogP contribution in [0.4, 0.5) is 0 Å². The zero-order valence-electron chi connectivity index (χ0n) is 11.9. The van der Waals surface area contributed by atoms with Gasteiger partial charge in [-0.05, 0) is 46.0 Å². The molecule has 1 aromatic rings. The molecular formula is C16H26N2. The Morgan fingerprint density at radius 2 is 1.78 bits per heavy atom. The SMILES string of the molecule is CNC(Cc1ccccc1)C1(N(C)C)CCCC1. The molecule has 1 aromatic carbocycles. The number of nitrogens with zero attached hydrogens (tertiary/aromatic N) is 1. The molecule has 2 rings (SSSR count). The minimum atomic E-state index is 0.338. The number of hydrogen-bond donors (Lipinski definition) is 1. The van der Waals surface area contributed by atoms with E-state index in [1.165, 1.54) is 31.2 Å². The molecule has 0 aromatic heterocycles. The largest absolute Gasteiger partial charge is 0.315 e. The van der Waals surface area contributed by atoms with Crippen LogP contribution in [0.5, 0.6) is 0 Å². The molecule has 0 radical (unpaired) electrons. The molecule has 1 N–H and O–H groups in total. The van der Waals surface area contributed by atoms with Crippen molar-refractivity contribution >= 4 is 0 Å². The van der Waals surface area contributed by atoms with Gasteiger partial charge in [0, 0.05) is 11.6 Å². The predicted octanol–water partition coefficient (Wildman–Crippen LogP) is 2.69. The third kappa shape index (κ3) is 2.60. The number of rotatable bonds is 5. The van der Waals surface area contributed by atoms with Crippen LogP contribution in [0.1, 0.15) is 31.2 Å². The number of likely N-dealkylation sites (N-methyl/N-ethyl adjacent to an activating group) is 2. The van der Waals surface area contributed by atoms with E-state index in [1.807, 2.05) is 0 Å². The van der Waals surface area contributed by atoms with E-state index >= 15 is 0 Å². The van der Waals surface area contributed by atoms with Gasteiger partial charge in [0.1, 0.15) is 0 Å². The van der Waals surface area contributed by atoms with E-state index in [2.05, 4.69) is 61.7 Å². The smallest absolute Gasteiger partial charge is 0.0359 e. The topological polar surface area (TPSA) is 15.3 Å². The van der Waals surface area contributed by atoms with E-state index in [9.17, 15) is 0 Å². The highest BCUT2D eigenvalue weighted by Gasteiger charge is 2.42. The third-order valence-electron chi connectivity index (χ3n) is 4.64. The van der Waals surface area contributed by atoms with Gasteiger partial charge in [0.15, 0.2) is 0 Å². The molecule has 1 aliphatic carbocycles. The lowest BCUT2D eigenvalue weighted by molar-refractivity contribution is 0.108. The van der Waals surface area contributed by atoms with Crippen molar-refractivity contribution < 1.29 is 0 Å². The maximum atomic E-state index is 3.57. The average Bonchev–Trinajstić information content (AvgIpc) is 2.87. The quantitative estimate of drug-likeness (QED) is 0.859. The molecule has 2 nitrogen and oxygen atoms in total. The van der Waals surface area contributed by atoms with Gasteiger partial charge in [0.05, 0.1) is 0 Å². The second-order valence-electron chi connectivity index (χ2n) is 5.74. The van der Waals surface area contributed by atoms with Crippen molar-refractivity contribution in [2.24, 2.45) is 0 Å². The first-order chi connectivity index (χ1) is 8.69. The minimum Gasteiger partial charge on any atom is -0.315 e. The Labute approximate surface area is 111 Å². The van der Waals surface area contributed by atoms with Gasteiger partial charge in [0.25, 0.3) is 0 Å². The molecule has 2 heteroatoms. The third-order valence-corrected chi connectivity index (χ3v) is 4.64. The second-order valence-corrected chi connectivity index (χ2v) is 5.74. The van der Waals surface area contributed by atoms with Gasteiger partial charge in [-0.1, -0.05) is 43.2 Å². The Balaban J connectivity index is 2.16. The fourth-order valence-electron chi connectivity index (χ4n) is 3.51. The van der Waals surface area contributed by atoms with Gasteiger partial charge in [-0.3, -0.25) is 0 Å². The van der Waals surface area contributed by atoms with Gasteiger partial charge < -0.3 is 10.2 Å². The molecule has 100 valence electrons. The first-order valence-corrected chi connectivity index (χ1v) is 7.07. The van der Waals surface area contributed by atoms with Crippen LogP contribution in [-0.4, -0.2) is 37.6 Å². The summed E-state index contributed by atoms with van der Waals surface area (Å²) in [5, 5.41) is 3.57. The maximum absolute atomic E-state index is 3.57. The normalized spacial score (nSPS) is 20.2. The first kappa shape index (κ1) is 13.6. The van der Waals surface area contributed by atoms with E-state index in [-0.39, 0.29) is 0 Å². The summed E-state index contributed by atoms with van der Waals surface area (Å²) in [6.07, 6.45) is 6.49. The Morgan fingerprint density at radius 3 is 2.28 bits per heavy atom. The molecular weight excluding hydrogens is 220 g/mol. The van der Waals surface area contributed by atoms with Gasteiger partial charge in [0.2, 0.25) is 0 Å². The molecule has 0 spiro atoms. The molecule has 0 amide bonds. The molecule has 0 bridgehead atoms. The summed E-state index contributed by atoms with van der Waals surface area (Å²) in [7, 11) is 6.58. The summed E-state index contributed by atoms with van der Waals surface area (Å²) in [4.78, 5) is 2.45. The number of benzene rings is 1. The van der Waals surface area contributed by atoms with E-state index in [1.54, 1.807) is 0 Å². The Bertz CT molecular complexity index is 353. The average molecular weight is 246 g/mol. The van der Waals surface area contributed by atoms with E-state index in [4.69, 9.17) is 0 Å². The van der Waals surface area contributed by atoms with Crippen LogP contribution in [-0.2, 0) is 6.42 Å². The van der Waals surface area contributed by atoms with Crippen molar-refractivity contribution in [2.45, 2.75) is 43.7 Å². The summed E-state index contributed by atoms with van der Waals surface area (Å²) >= 11 is 0. The molecule has 1 atom stereocenters. The molecule has 0 heterocycles. The highest BCUT2D eigenvalue weighted by molar-refractivity contribution is 5.18. The summed E-state index contributed by atoms with van der Waals surface area (Å²) in [6.45, 7) is 0. The maximum Gasteiger partial charge on any atom is 0.0359 e. The van der Waals surface area contributed by atoms with Crippen molar-refractivity contribution in [2.75, 3.05) is 21.1 Å². The van der Waals surface area contributed by atoms with Crippen molar-refractivity contribution in [3.05, 3.63) is 35.9 Å². The molecule has 1 unspecified atom stereocenters. The van der Waals surface area contributed by atoms with Crippen molar-refractivity contribution in [3.63, 3.8) is 0 Å². The minimum absolute atomic E-state index is 0.338. The first-order valence-electron chi connectivity index (χ1n) is 7.07. The zero-order chi connectivity index (χ0) is 13.0. The zero-order valence-corrected chi connectivity index (χ0v) is 11.9. The van der Waals surface area contributed by atoms with Crippen LogP contribution in [0.15, 0.2) is 30.3 Å². The van der Waals surface area contributed by atoms with Crippen LogP contribution < -0.4 is 5.32 Å². The summed E-state index contributed by atoms with van der Waals surface area (Å²) in [5.41, 5.74) is 1.77. The number of hydrogen-bond acceptors (Lipinski definition) is 2. The summed E-state index contributed by atoms with van der Waals surface area (Å²) in [6, 6.07) is 11.4. The molecule has 0 aliphatic heterocycles. The molecule has 1 fully saturated rings. The van der Waals surface area contributed by atoms with Gasteiger partial charge in [-0.15, -0.1) is 0 Å². The second kappa shape index (κ2) is 5.85. The Morgan fingerprint density at radius 1 is 1.17 bits per heavy atom. The van der Waals surface area contributed by atoms with Crippen molar-refractivity contribution in [1.29, 1.82) is 0 Å². The van der Waals surface area contributed by atoms with E-state index in [0.29, 0.717) is 11.6 Å². The van der Waals surface area contributed by atoms with Crippen LogP contribution >= 0.6 is 0 Å². The Hall–Kier alpha value is -0.860. The summed E-state index contributed by atoms with van der Waals surface area (Å²) in [5.74, 6) is 0. The lowest BCUT2D eigenvalue weighted by Crippen LogP contribution is -2.57. The lowest BCUT2D eigenvalue weighted by Gasteiger charge is -2.43. The molecule has 18 heavy (non-hydrogen) atoms. The Kier molecular flexibility index (Phi) is 4.41. The van der Waals surface area contributed by atoms with E-state index < -0.39 is 0 Å². The van der Waals surface area contributed by atoms with E-state index in [0.717, 1.165) is 6.42 Å². The molecule has 1 saturated carbocycles. The van der Waals surface area contributed by atoms with Crippen LogP contribution in [0.3, 0.4) is 0 Å². The standard InChI is InChI=1S/C16H26N2/c1-17-15(13-14-9-5-4-6-10-14)16(18(2)3)11-7-8-12-16/h4-6,9-10,15,17H,7-8,11-13H2,1-3H3. The fraction of sp³-hybridized carbons (Fsp3) is 0.625.